The second-order valence-corrected chi connectivity index (χ2v) is 9.95. The van der Waals surface area contributed by atoms with Gasteiger partial charge in [-0.25, -0.2) is 0 Å². The summed E-state index contributed by atoms with van der Waals surface area (Å²) in [5, 5.41) is 13.2. The summed E-state index contributed by atoms with van der Waals surface area (Å²) in [6.07, 6.45) is 0. The summed E-state index contributed by atoms with van der Waals surface area (Å²) in [6, 6.07) is 16.0. The first kappa shape index (κ1) is 27.8. The van der Waals surface area contributed by atoms with Crippen LogP contribution < -0.4 is 14.8 Å². The van der Waals surface area contributed by atoms with Crippen LogP contribution in [-0.4, -0.2) is 23.6 Å². The van der Waals surface area contributed by atoms with Crippen molar-refractivity contribution in [3.05, 3.63) is 81.3 Å². The monoisotopic (exact) mass is 574 g/mol. The molecule has 0 aliphatic carbocycles. The number of carbonyl (C=O) groups excluding carboxylic acids is 1. The summed E-state index contributed by atoms with van der Waals surface area (Å²) < 4.78 is 49.1. The van der Waals surface area contributed by atoms with E-state index >= 15 is 0 Å². The molecule has 36 heavy (non-hydrogen) atoms. The summed E-state index contributed by atoms with van der Waals surface area (Å²) in [6.45, 7) is 1.13. The van der Waals surface area contributed by atoms with E-state index in [0.717, 1.165) is 0 Å². The van der Waals surface area contributed by atoms with E-state index in [4.69, 9.17) is 44.3 Å². The van der Waals surface area contributed by atoms with Gasteiger partial charge in [0.05, 0.1) is 11.1 Å². The normalized spacial score (nSPS) is 12.8. The number of hydrogen-bond donors (Lipinski definition) is 1. The van der Waals surface area contributed by atoms with Gasteiger partial charge in [-0.1, -0.05) is 34.8 Å². The van der Waals surface area contributed by atoms with E-state index in [9.17, 15) is 23.2 Å². The number of carbonyl (C=O) groups is 1. The second-order valence-electron chi connectivity index (χ2n) is 7.53. The highest BCUT2D eigenvalue weighted by Gasteiger charge is 2.30. The summed E-state index contributed by atoms with van der Waals surface area (Å²) >= 11 is 17.9. The van der Waals surface area contributed by atoms with Crippen LogP contribution in [0.25, 0.3) is 0 Å². The molecule has 1 N–H and O–H groups in total. The molecule has 12 heteroatoms. The van der Waals surface area contributed by atoms with Crippen molar-refractivity contribution in [3.63, 3.8) is 0 Å². The molecule has 3 aromatic carbocycles. The number of nitriles is 1. The third kappa shape index (κ3) is 7.87. The maximum Gasteiger partial charge on any atom is 0.446 e. The molecule has 0 spiro atoms. The number of halogens is 6. The summed E-state index contributed by atoms with van der Waals surface area (Å²) in [5.41, 5.74) is -5.87. The number of hydrogen-bond acceptors (Lipinski definition) is 5. The molecule has 0 saturated heterocycles. The number of alkyl halides is 3. The molecule has 0 unspecified atom stereocenters. The van der Waals surface area contributed by atoms with Gasteiger partial charge in [0.2, 0.25) is 0 Å². The minimum Gasteiger partial charge on any atom is -0.486 e. The molecule has 3 rings (SSSR count). The molecule has 0 aromatic heterocycles. The van der Waals surface area contributed by atoms with Gasteiger partial charge < -0.3 is 14.8 Å². The van der Waals surface area contributed by atoms with Crippen LogP contribution in [0.4, 0.5) is 13.2 Å². The lowest BCUT2D eigenvalue weighted by atomic mass is 10.1. The maximum atomic E-state index is 12.6. The lowest BCUT2D eigenvalue weighted by Gasteiger charge is -2.24. The third-order valence-electron chi connectivity index (χ3n) is 4.52. The minimum absolute atomic E-state index is 0.0697. The Morgan fingerprint density at radius 2 is 1.58 bits per heavy atom. The molecule has 0 saturated carbocycles. The quantitative estimate of drug-likeness (QED) is 0.275. The molecule has 0 bridgehead atoms. The second kappa shape index (κ2) is 11.5. The molecule has 0 aliphatic heterocycles. The van der Waals surface area contributed by atoms with Crippen LogP contribution in [-0.2, 0) is 0 Å². The lowest BCUT2D eigenvalue weighted by molar-refractivity contribution is -0.0328. The average molecular weight is 576 g/mol. The highest BCUT2D eigenvalue weighted by atomic mass is 35.5. The molecule has 0 fully saturated rings. The van der Waals surface area contributed by atoms with E-state index in [-0.39, 0.29) is 45.3 Å². The van der Waals surface area contributed by atoms with Gasteiger partial charge in [-0.2, -0.15) is 18.4 Å². The first-order valence-corrected chi connectivity index (χ1v) is 12.0. The third-order valence-corrected chi connectivity index (χ3v) is 6.03. The van der Waals surface area contributed by atoms with Crippen LogP contribution in [0.3, 0.4) is 0 Å². The lowest BCUT2D eigenvalue weighted by Crippen LogP contribution is -2.49. The first-order valence-electron chi connectivity index (χ1n) is 10.0. The molecule has 1 atom stereocenters. The SMILES string of the molecule is C[C@](C#N)(COc1cc(Cl)ccc1Oc1ccc(Cl)cc1Cl)NC(=O)c1ccc(SC(F)(F)F)cc1. The molecular formula is C24H16Cl3F3N2O3S. The van der Waals surface area contributed by atoms with Gasteiger partial charge in [0.15, 0.2) is 17.0 Å². The molecule has 1 amide bonds. The molecule has 188 valence electrons. The van der Waals surface area contributed by atoms with Crippen LogP contribution in [0, 0.1) is 11.3 Å². The van der Waals surface area contributed by atoms with E-state index in [1.165, 1.54) is 43.3 Å². The number of nitrogens with zero attached hydrogens (tertiary/aromatic N) is 1. The van der Waals surface area contributed by atoms with E-state index in [0.29, 0.717) is 15.8 Å². The minimum atomic E-state index is -4.44. The van der Waals surface area contributed by atoms with Crippen molar-refractivity contribution in [2.75, 3.05) is 6.61 Å². The molecule has 5 nitrogen and oxygen atoms in total. The Morgan fingerprint density at radius 3 is 2.17 bits per heavy atom. The van der Waals surface area contributed by atoms with Gasteiger partial charge in [0, 0.05) is 26.6 Å². The largest absolute Gasteiger partial charge is 0.486 e. The molecule has 3 aromatic rings. The van der Waals surface area contributed by atoms with E-state index < -0.39 is 17.0 Å². The van der Waals surface area contributed by atoms with Crippen molar-refractivity contribution in [3.8, 4) is 23.3 Å². The highest BCUT2D eigenvalue weighted by molar-refractivity contribution is 8.00. The van der Waals surface area contributed by atoms with Crippen molar-refractivity contribution < 1.29 is 27.4 Å². The van der Waals surface area contributed by atoms with Gasteiger partial charge >= 0.3 is 5.51 Å². The number of amides is 1. The number of rotatable bonds is 8. The topological polar surface area (TPSA) is 71.3 Å². The maximum absolute atomic E-state index is 12.6. The first-order chi connectivity index (χ1) is 16.9. The Kier molecular flexibility index (Phi) is 8.90. The fraction of sp³-hybridized carbons (Fsp3) is 0.167. The Balaban J connectivity index is 1.72. The zero-order valence-electron chi connectivity index (χ0n) is 18.3. The number of thioether (sulfide) groups is 1. The van der Waals surface area contributed by atoms with Crippen LogP contribution in [0.15, 0.2) is 65.6 Å². The number of nitrogens with one attached hydrogen (secondary N) is 1. The fourth-order valence-corrected chi connectivity index (χ4v) is 3.95. The summed E-state index contributed by atoms with van der Waals surface area (Å²) in [5.74, 6) is 0.0594. The van der Waals surface area contributed by atoms with Gasteiger partial charge in [0.1, 0.15) is 12.4 Å². The van der Waals surface area contributed by atoms with E-state index in [1.807, 2.05) is 6.07 Å². The molecule has 0 heterocycles. The smallest absolute Gasteiger partial charge is 0.446 e. The number of ether oxygens (including phenoxy) is 2. The predicted octanol–water partition coefficient (Wildman–Crippen LogP) is 8.14. The van der Waals surface area contributed by atoms with Crippen molar-refractivity contribution >= 4 is 52.5 Å². The van der Waals surface area contributed by atoms with Gasteiger partial charge in [0.25, 0.3) is 5.91 Å². The fourth-order valence-electron chi connectivity index (χ4n) is 2.80. The molecular weight excluding hydrogens is 560 g/mol. The van der Waals surface area contributed by atoms with Gasteiger partial charge in [-0.3, -0.25) is 4.79 Å². The van der Waals surface area contributed by atoms with Crippen molar-refractivity contribution in [2.45, 2.75) is 22.9 Å². The Hall–Kier alpha value is -2.77. The van der Waals surface area contributed by atoms with Crippen molar-refractivity contribution in [2.24, 2.45) is 0 Å². The standard InChI is InChI=1S/C24H16Cl3F3N2O3S/c1-23(12-31,32-22(33)14-2-6-17(7-3-14)36-24(28,29)30)13-34-21-11-16(26)5-9-20(21)35-19-8-4-15(25)10-18(19)27/h2-11H,13H2,1H3,(H,32,33)/t23-/m0/s1. The Bertz CT molecular complexity index is 1300. The summed E-state index contributed by atoms with van der Waals surface area (Å²) in [7, 11) is 0. The van der Waals surface area contributed by atoms with Gasteiger partial charge in [-0.05, 0) is 73.3 Å². The van der Waals surface area contributed by atoms with Crippen molar-refractivity contribution in [1.82, 2.24) is 5.32 Å². The van der Waals surface area contributed by atoms with Gasteiger partial charge in [-0.15, -0.1) is 0 Å². The summed E-state index contributed by atoms with van der Waals surface area (Å²) in [4.78, 5) is 12.6. The van der Waals surface area contributed by atoms with Crippen LogP contribution in [0.1, 0.15) is 17.3 Å². The van der Waals surface area contributed by atoms with E-state index in [2.05, 4.69) is 5.32 Å². The Labute approximate surface area is 224 Å². The predicted molar refractivity (Wildman–Crippen MR) is 133 cm³/mol. The van der Waals surface area contributed by atoms with Crippen molar-refractivity contribution in [1.29, 1.82) is 5.26 Å². The number of benzene rings is 3. The molecule has 0 aliphatic rings. The van der Waals surface area contributed by atoms with E-state index in [1.54, 1.807) is 24.3 Å². The Morgan fingerprint density at radius 1 is 0.972 bits per heavy atom. The van der Waals surface area contributed by atoms with Crippen LogP contribution in [0.2, 0.25) is 15.1 Å². The highest BCUT2D eigenvalue weighted by Crippen LogP contribution is 2.38. The zero-order chi connectivity index (χ0) is 26.5. The molecule has 0 radical (unpaired) electrons. The van der Waals surface area contributed by atoms with Crippen LogP contribution in [0.5, 0.6) is 17.2 Å². The average Bonchev–Trinajstić information content (AvgIpc) is 2.80. The van der Waals surface area contributed by atoms with Crippen LogP contribution >= 0.6 is 46.6 Å². The zero-order valence-corrected chi connectivity index (χ0v) is 21.4.